The summed E-state index contributed by atoms with van der Waals surface area (Å²) in [6.07, 6.45) is 11.2. The molecule has 0 fully saturated rings. The van der Waals surface area contributed by atoms with Gasteiger partial charge in [0, 0.05) is 17.9 Å². The summed E-state index contributed by atoms with van der Waals surface area (Å²) < 4.78 is 0. The Kier molecular flexibility index (Phi) is 8.03. The number of ketones is 1. The second-order valence-corrected chi connectivity index (χ2v) is 6.29. The van der Waals surface area contributed by atoms with E-state index in [9.17, 15) is 4.79 Å². The van der Waals surface area contributed by atoms with E-state index in [0.29, 0.717) is 6.42 Å². The molecule has 2 rings (SSSR count). The highest BCUT2D eigenvalue weighted by atomic mass is 16.1. The summed E-state index contributed by atoms with van der Waals surface area (Å²) in [6.45, 7) is 2.23. The van der Waals surface area contributed by atoms with Gasteiger partial charge in [-0.1, -0.05) is 99.0 Å². The van der Waals surface area contributed by atoms with E-state index in [1.54, 1.807) is 0 Å². The van der Waals surface area contributed by atoms with Gasteiger partial charge in [0.05, 0.1) is 0 Å². The quantitative estimate of drug-likeness (QED) is 0.275. The molecule has 0 aliphatic rings. The third kappa shape index (κ3) is 6.16. The summed E-state index contributed by atoms with van der Waals surface area (Å²) in [4.78, 5) is 12.6. The third-order valence-electron chi connectivity index (χ3n) is 4.32. The van der Waals surface area contributed by atoms with Crippen LogP contribution in [0, 0.1) is 0 Å². The summed E-state index contributed by atoms with van der Waals surface area (Å²) >= 11 is 0. The van der Waals surface area contributed by atoms with Crippen molar-refractivity contribution in [1.29, 1.82) is 0 Å². The molecular weight excluding hydrogens is 292 g/mol. The van der Waals surface area contributed by atoms with Gasteiger partial charge in [-0.25, -0.2) is 0 Å². The fourth-order valence-corrected chi connectivity index (χ4v) is 2.89. The van der Waals surface area contributed by atoms with Gasteiger partial charge in [0.2, 0.25) is 0 Å². The Hall–Kier alpha value is -2.15. The van der Waals surface area contributed by atoms with E-state index in [0.717, 1.165) is 12.0 Å². The Bertz CT molecular complexity index is 613. The summed E-state index contributed by atoms with van der Waals surface area (Å²) in [5, 5.41) is 0. The summed E-state index contributed by atoms with van der Waals surface area (Å²) in [5.74, 6) is 0.366. The first-order valence-corrected chi connectivity index (χ1v) is 9.11. The maximum Gasteiger partial charge on any atom is 0.163 e. The van der Waals surface area contributed by atoms with Crippen molar-refractivity contribution in [1.82, 2.24) is 0 Å². The molecule has 126 valence electrons. The minimum Gasteiger partial charge on any atom is -0.294 e. The number of carbonyl (C=O) groups is 1. The lowest BCUT2D eigenvalue weighted by Gasteiger charge is -2.13. The molecule has 0 amide bonds. The first-order valence-electron chi connectivity index (χ1n) is 9.11. The SMILES string of the molecule is CCCCCC/C=C/[C@H](CC(=O)c1ccccc1)c1ccccc1. The van der Waals surface area contributed by atoms with Crippen molar-refractivity contribution in [3.63, 3.8) is 0 Å². The van der Waals surface area contributed by atoms with Crippen LogP contribution in [0.1, 0.15) is 67.3 Å². The fraction of sp³-hybridized carbons (Fsp3) is 0.348. The zero-order valence-corrected chi connectivity index (χ0v) is 14.7. The lowest BCUT2D eigenvalue weighted by atomic mass is 9.91. The molecule has 1 heteroatoms. The van der Waals surface area contributed by atoms with Crippen LogP contribution in [0.2, 0.25) is 0 Å². The molecule has 0 aliphatic heterocycles. The third-order valence-corrected chi connectivity index (χ3v) is 4.32. The predicted octanol–water partition coefficient (Wildman–Crippen LogP) is 6.57. The van der Waals surface area contributed by atoms with Crippen molar-refractivity contribution in [2.24, 2.45) is 0 Å². The number of hydrogen-bond acceptors (Lipinski definition) is 1. The van der Waals surface area contributed by atoms with E-state index in [4.69, 9.17) is 0 Å². The Morgan fingerprint density at radius 2 is 1.58 bits per heavy atom. The van der Waals surface area contributed by atoms with Crippen LogP contribution in [0.5, 0.6) is 0 Å². The molecule has 0 heterocycles. The van der Waals surface area contributed by atoms with Gasteiger partial charge in [0.1, 0.15) is 0 Å². The van der Waals surface area contributed by atoms with Crippen LogP contribution in [0.3, 0.4) is 0 Å². The molecule has 0 saturated carbocycles. The topological polar surface area (TPSA) is 17.1 Å². The lowest BCUT2D eigenvalue weighted by Crippen LogP contribution is -2.06. The van der Waals surface area contributed by atoms with E-state index in [-0.39, 0.29) is 11.7 Å². The Morgan fingerprint density at radius 3 is 2.25 bits per heavy atom. The molecule has 1 atom stereocenters. The lowest BCUT2D eigenvalue weighted by molar-refractivity contribution is 0.0978. The van der Waals surface area contributed by atoms with E-state index < -0.39 is 0 Å². The van der Waals surface area contributed by atoms with Gasteiger partial charge in [-0.05, 0) is 18.4 Å². The van der Waals surface area contributed by atoms with Gasteiger partial charge in [-0.2, -0.15) is 0 Å². The molecule has 0 bridgehead atoms. The second kappa shape index (κ2) is 10.6. The van der Waals surface area contributed by atoms with E-state index in [1.807, 2.05) is 48.5 Å². The molecule has 0 N–H and O–H groups in total. The van der Waals surface area contributed by atoms with Crippen molar-refractivity contribution in [3.05, 3.63) is 83.9 Å². The first-order chi connectivity index (χ1) is 11.8. The maximum absolute atomic E-state index is 12.6. The maximum atomic E-state index is 12.6. The molecule has 0 saturated heterocycles. The molecular formula is C23H28O. The van der Waals surface area contributed by atoms with Gasteiger partial charge >= 0.3 is 0 Å². The van der Waals surface area contributed by atoms with Crippen LogP contribution < -0.4 is 0 Å². The van der Waals surface area contributed by atoms with Crippen LogP contribution in [-0.4, -0.2) is 5.78 Å². The molecule has 0 radical (unpaired) electrons. The monoisotopic (exact) mass is 320 g/mol. The molecule has 2 aromatic carbocycles. The van der Waals surface area contributed by atoms with Crippen LogP contribution >= 0.6 is 0 Å². The van der Waals surface area contributed by atoms with Gasteiger partial charge in [0.25, 0.3) is 0 Å². The second-order valence-electron chi connectivity index (χ2n) is 6.29. The Balaban J connectivity index is 2.01. The zero-order valence-electron chi connectivity index (χ0n) is 14.7. The van der Waals surface area contributed by atoms with Gasteiger partial charge in [-0.15, -0.1) is 0 Å². The number of unbranched alkanes of at least 4 members (excludes halogenated alkanes) is 4. The van der Waals surface area contributed by atoms with Crippen LogP contribution in [0.15, 0.2) is 72.8 Å². The molecule has 0 aromatic heterocycles. The minimum absolute atomic E-state index is 0.157. The fourth-order valence-electron chi connectivity index (χ4n) is 2.89. The number of carbonyl (C=O) groups excluding carboxylic acids is 1. The Morgan fingerprint density at radius 1 is 0.917 bits per heavy atom. The van der Waals surface area contributed by atoms with E-state index >= 15 is 0 Å². The van der Waals surface area contributed by atoms with Crippen LogP contribution in [0.25, 0.3) is 0 Å². The van der Waals surface area contributed by atoms with Crippen LogP contribution in [0.4, 0.5) is 0 Å². The van der Waals surface area contributed by atoms with Crippen LogP contribution in [-0.2, 0) is 0 Å². The van der Waals surface area contributed by atoms with E-state index in [2.05, 4.69) is 31.2 Å². The number of rotatable bonds is 10. The summed E-state index contributed by atoms with van der Waals surface area (Å²) in [5.41, 5.74) is 2.02. The van der Waals surface area contributed by atoms with E-state index in [1.165, 1.54) is 31.2 Å². The molecule has 1 nitrogen and oxygen atoms in total. The smallest absolute Gasteiger partial charge is 0.163 e. The highest BCUT2D eigenvalue weighted by Gasteiger charge is 2.14. The van der Waals surface area contributed by atoms with Crippen molar-refractivity contribution < 1.29 is 4.79 Å². The van der Waals surface area contributed by atoms with Crippen molar-refractivity contribution in [2.75, 3.05) is 0 Å². The van der Waals surface area contributed by atoms with Crippen molar-refractivity contribution >= 4 is 5.78 Å². The molecule has 24 heavy (non-hydrogen) atoms. The molecule has 0 unspecified atom stereocenters. The highest BCUT2D eigenvalue weighted by molar-refractivity contribution is 5.96. The Labute approximate surface area is 146 Å². The highest BCUT2D eigenvalue weighted by Crippen LogP contribution is 2.24. The number of hydrogen-bond donors (Lipinski definition) is 0. The average molecular weight is 320 g/mol. The number of benzene rings is 2. The van der Waals surface area contributed by atoms with Crippen molar-refractivity contribution in [2.45, 2.75) is 51.4 Å². The van der Waals surface area contributed by atoms with Gasteiger partial charge < -0.3 is 0 Å². The number of Topliss-reactive ketones (excluding diaryl/α,β-unsaturated/α-hetero) is 1. The predicted molar refractivity (Wildman–Crippen MR) is 102 cm³/mol. The van der Waals surface area contributed by atoms with Gasteiger partial charge in [-0.3, -0.25) is 4.79 Å². The molecule has 2 aromatic rings. The molecule has 0 spiro atoms. The largest absolute Gasteiger partial charge is 0.294 e. The normalized spacial score (nSPS) is 12.4. The first kappa shape index (κ1) is 18.2. The van der Waals surface area contributed by atoms with Gasteiger partial charge in [0.15, 0.2) is 5.78 Å². The minimum atomic E-state index is 0.157. The zero-order chi connectivity index (χ0) is 17.0. The average Bonchev–Trinajstić information content (AvgIpc) is 2.65. The summed E-state index contributed by atoms with van der Waals surface area (Å²) in [6, 6.07) is 19.9. The number of allylic oxidation sites excluding steroid dienone is 2. The van der Waals surface area contributed by atoms with Crippen molar-refractivity contribution in [3.8, 4) is 0 Å². The molecule has 0 aliphatic carbocycles. The summed E-state index contributed by atoms with van der Waals surface area (Å²) in [7, 11) is 0. The standard InChI is InChI=1S/C23H28O/c1-2-3-4-5-6-9-18-22(20-14-10-7-11-15-20)19-23(24)21-16-12-8-13-17-21/h7-18,22H,2-6,19H2,1H3/b18-9+/t22-/m1/s1.